The lowest BCUT2D eigenvalue weighted by Crippen LogP contribution is -2.36. The molecule has 4 nitrogen and oxygen atoms in total. The van der Waals surface area contributed by atoms with Crippen LogP contribution in [0, 0.1) is 5.41 Å². The van der Waals surface area contributed by atoms with Crippen molar-refractivity contribution in [1.29, 1.82) is 5.41 Å². The normalized spacial score (nSPS) is 10.9. The summed E-state index contributed by atoms with van der Waals surface area (Å²) in [6.45, 7) is 1.67. The molecule has 0 bridgehead atoms. The first-order valence-electron chi connectivity index (χ1n) is 4.48. The minimum atomic E-state index is -0.355. The van der Waals surface area contributed by atoms with E-state index >= 15 is 0 Å². The Kier molecular flexibility index (Phi) is 3.62. The van der Waals surface area contributed by atoms with Crippen LogP contribution in [0.25, 0.3) is 6.08 Å². The van der Waals surface area contributed by atoms with Crippen molar-refractivity contribution in [1.82, 2.24) is 5.32 Å². The summed E-state index contributed by atoms with van der Waals surface area (Å²) in [6.07, 6.45) is 1.73. The minimum Gasteiger partial charge on any atom is -0.370 e. The highest BCUT2D eigenvalue weighted by atomic mass is 16.1. The molecule has 0 aromatic heterocycles. The highest BCUT2D eigenvalue weighted by Crippen LogP contribution is 2.05. The molecular formula is C11H13N3O. The highest BCUT2D eigenvalue weighted by Gasteiger charge is 2.03. The van der Waals surface area contributed by atoms with Crippen molar-refractivity contribution in [2.24, 2.45) is 5.73 Å². The molecule has 0 saturated carbocycles. The topological polar surface area (TPSA) is 79.0 Å². The first-order valence-corrected chi connectivity index (χ1v) is 4.48. The maximum Gasteiger partial charge on any atom is 0.253 e. The number of amides is 1. The molecule has 0 fully saturated rings. The van der Waals surface area contributed by atoms with Gasteiger partial charge in [0.1, 0.15) is 0 Å². The molecule has 0 unspecified atom stereocenters. The van der Waals surface area contributed by atoms with Crippen LogP contribution in [0.2, 0.25) is 0 Å². The second kappa shape index (κ2) is 4.95. The summed E-state index contributed by atoms with van der Waals surface area (Å²) in [5.41, 5.74) is 6.50. The van der Waals surface area contributed by atoms with E-state index in [0.29, 0.717) is 5.57 Å². The number of hydrogen-bond acceptors (Lipinski definition) is 2. The maximum atomic E-state index is 11.4. The third kappa shape index (κ3) is 3.64. The third-order valence-electron chi connectivity index (χ3n) is 1.79. The highest BCUT2D eigenvalue weighted by molar-refractivity contribution is 6.05. The molecule has 0 spiro atoms. The number of carbonyl (C=O) groups excluding carboxylic acids is 1. The van der Waals surface area contributed by atoms with Gasteiger partial charge in [-0.3, -0.25) is 15.5 Å². The van der Waals surface area contributed by atoms with Gasteiger partial charge in [0.15, 0.2) is 5.96 Å². The van der Waals surface area contributed by atoms with Crippen LogP contribution < -0.4 is 11.1 Å². The maximum absolute atomic E-state index is 11.4. The Morgan fingerprint density at radius 1 is 1.40 bits per heavy atom. The molecule has 0 atom stereocenters. The van der Waals surface area contributed by atoms with E-state index in [1.54, 1.807) is 13.0 Å². The molecule has 0 radical (unpaired) electrons. The molecule has 4 heteroatoms. The van der Waals surface area contributed by atoms with Crippen LogP contribution in [0.4, 0.5) is 0 Å². The predicted molar refractivity (Wildman–Crippen MR) is 60.1 cm³/mol. The summed E-state index contributed by atoms with van der Waals surface area (Å²) >= 11 is 0. The number of rotatable bonds is 2. The summed E-state index contributed by atoms with van der Waals surface area (Å²) < 4.78 is 0. The van der Waals surface area contributed by atoms with Gasteiger partial charge in [-0.1, -0.05) is 30.3 Å². The molecule has 0 aliphatic heterocycles. The molecule has 0 heterocycles. The van der Waals surface area contributed by atoms with Crippen LogP contribution in [0.1, 0.15) is 12.5 Å². The Bertz CT molecular complexity index is 396. The van der Waals surface area contributed by atoms with Crippen molar-refractivity contribution in [3.8, 4) is 0 Å². The number of nitrogens with one attached hydrogen (secondary N) is 2. The van der Waals surface area contributed by atoms with Gasteiger partial charge in [-0.2, -0.15) is 0 Å². The van der Waals surface area contributed by atoms with E-state index in [2.05, 4.69) is 5.32 Å². The zero-order valence-electron chi connectivity index (χ0n) is 8.45. The molecule has 1 amide bonds. The van der Waals surface area contributed by atoms with Crippen molar-refractivity contribution in [2.45, 2.75) is 6.92 Å². The van der Waals surface area contributed by atoms with Gasteiger partial charge in [0, 0.05) is 5.57 Å². The smallest absolute Gasteiger partial charge is 0.253 e. The number of carbonyl (C=O) groups is 1. The molecule has 4 N–H and O–H groups in total. The van der Waals surface area contributed by atoms with Crippen molar-refractivity contribution >= 4 is 17.9 Å². The fourth-order valence-electron chi connectivity index (χ4n) is 1.09. The number of hydrogen-bond donors (Lipinski definition) is 3. The second-order valence-corrected chi connectivity index (χ2v) is 3.11. The summed E-state index contributed by atoms with van der Waals surface area (Å²) in [4.78, 5) is 11.4. The van der Waals surface area contributed by atoms with Crippen molar-refractivity contribution in [2.75, 3.05) is 0 Å². The first kappa shape index (κ1) is 11.0. The molecule has 0 saturated heterocycles. The number of guanidine groups is 1. The molecule has 0 aliphatic rings. The molecule has 1 rings (SSSR count). The van der Waals surface area contributed by atoms with Gasteiger partial charge in [-0.15, -0.1) is 0 Å². The van der Waals surface area contributed by atoms with Crippen LogP contribution in [-0.4, -0.2) is 11.9 Å². The van der Waals surface area contributed by atoms with E-state index in [4.69, 9.17) is 11.1 Å². The van der Waals surface area contributed by atoms with Crippen LogP contribution >= 0.6 is 0 Å². The molecular weight excluding hydrogens is 190 g/mol. The molecule has 78 valence electrons. The predicted octanol–water partition coefficient (Wildman–Crippen LogP) is 1.10. The number of benzene rings is 1. The van der Waals surface area contributed by atoms with Gasteiger partial charge in [-0.05, 0) is 18.6 Å². The fraction of sp³-hybridized carbons (Fsp3) is 0.0909. The summed E-state index contributed by atoms with van der Waals surface area (Å²) in [6, 6.07) is 9.47. The molecule has 1 aromatic carbocycles. The van der Waals surface area contributed by atoms with E-state index in [9.17, 15) is 4.79 Å². The van der Waals surface area contributed by atoms with Crippen LogP contribution in [0.3, 0.4) is 0 Å². The van der Waals surface area contributed by atoms with Crippen molar-refractivity contribution in [3.63, 3.8) is 0 Å². The molecule has 0 aliphatic carbocycles. The van der Waals surface area contributed by atoms with Gasteiger partial charge >= 0.3 is 0 Å². The standard InChI is InChI=1S/C11H13N3O/c1-8(10(15)14-11(12)13)7-9-5-3-2-4-6-9/h2-7H,1H3,(H4,12,13,14,15)/b8-7+. The monoisotopic (exact) mass is 203 g/mol. The van der Waals surface area contributed by atoms with Gasteiger partial charge in [0.05, 0.1) is 0 Å². The lowest BCUT2D eigenvalue weighted by Gasteiger charge is -2.02. The van der Waals surface area contributed by atoms with Gasteiger partial charge in [0.25, 0.3) is 5.91 Å². The summed E-state index contributed by atoms with van der Waals surface area (Å²) in [5.74, 6) is -0.702. The zero-order valence-corrected chi connectivity index (χ0v) is 8.45. The Morgan fingerprint density at radius 2 is 2.00 bits per heavy atom. The third-order valence-corrected chi connectivity index (χ3v) is 1.79. The zero-order chi connectivity index (χ0) is 11.3. The first-order chi connectivity index (χ1) is 7.09. The van der Waals surface area contributed by atoms with Gasteiger partial charge in [0.2, 0.25) is 0 Å². The Morgan fingerprint density at radius 3 is 2.53 bits per heavy atom. The SMILES string of the molecule is C/C(=C\c1ccccc1)C(=O)NC(=N)N. The van der Waals surface area contributed by atoms with Crippen LogP contribution in [0.15, 0.2) is 35.9 Å². The molecule has 1 aromatic rings. The van der Waals surface area contributed by atoms with Gasteiger partial charge in [-0.25, -0.2) is 0 Å². The van der Waals surface area contributed by atoms with Crippen molar-refractivity contribution < 1.29 is 4.79 Å². The van der Waals surface area contributed by atoms with Crippen LogP contribution in [0.5, 0.6) is 0 Å². The van der Waals surface area contributed by atoms with Gasteiger partial charge < -0.3 is 5.73 Å². The Balaban J connectivity index is 2.76. The Labute approximate surface area is 88.3 Å². The van der Waals surface area contributed by atoms with E-state index < -0.39 is 0 Å². The average molecular weight is 203 g/mol. The Hall–Kier alpha value is -2.10. The number of nitrogens with two attached hydrogens (primary N) is 1. The molecule has 15 heavy (non-hydrogen) atoms. The van der Waals surface area contributed by atoms with E-state index in [0.717, 1.165) is 5.56 Å². The van der Waals surface area contributed by atoms with E-state index in [-0.39, 0.29) is 11.9 Å². The second-order valence-electron chi connectivity index (χ2n) is 3.11. The van der Waals surface area contributed by atoms with E-state index in [1.165, 1.54) is 0 Å². The lowest BCUT2D eigenvalue weighted by atomic mass is 10.1. The van der Waals surface area contributed by atoms with Crippen LogP contribution in [-0.2, 0) is 4.79 Å². The quantitative estimate of drug-likeness (QED) is 0.382. The lowest BCUT2D eigenvalue weighted by molar-refractivity contribution is -0.116. The minimum absolute atomic E-state index is 0.346. The average Bonchev–Trinajstić information content (AvgIpc) is 2.18. The van der Waals surface area contributed by atoms with Crippen molar-refractivity contribution in [3.05, 3.63) is 41.5 Å². The van der Waals surface area contributed by atoms with E-state index in [1.807, 2.05) is 30.3 Å². The largest absolute Gasteiger partial charge is 0.370 e. The summed E-state index contributed by atoms with van der Waals surface area (Å²) in [7, 11) is 0. The fourth-order valence-corrected chi connectivity index (χ4v) is 1.09. The summed E-state index contributed by atoms with van der Waals surface area (Å²) in [5, 5.41) is 9.13.